The molecule has 20 heavy (non-hydrogen) atoms. The molecule has 2 N–H and O–H groups in total. The van der Waals surface area contributed by atoms with Gasteiger partial charge in [-0.15, -0.1) is 11.3 Å². The number of halogens is 1. The molecule has 0 saturated carbocycles. The number of nitrogens with zero attached hydrogens (tertiary/aromatic N) is 1. The number of rotatable bonds is 4. The second-order valence-electron chi connectivity index (χ2n) is 4.46. The second-order valence-corrected chi connectivity index (χ2v) is 8.42. The molecule has 0 bridgehead atoms. The molecule has 0 fully saturated rings. The third-order valence-corrected chi connectivity index (χ3v) is 6.26. The van der Waals surface area contributed by atoms with Crippen LogP contribution in [0.2, 0.25) is 0 Å². The molecule has 1 aromatic heterocycles. The zero-order valence-corrected chi connectivity index (χ0v) is 14.3. The third kappa shape index (κ3) is 3.06. The van der Waals surface area contributed by atoms with Crippen LogP contribution in [-0.4, -0.2) is 19.8 Å². The van der Waals surface area contributed by atoms with E-state index in [1.54, 1.807) is 26.1 Å². The van der Waals surface area contributed by atoms with Crippen molar-refractivity contribution < 1.29 is 8.42 Å². The van der Waals surface area contributed by atoms with E-state index in [1.165, 1.54) is 15.6 Å². The van der Waals surface area contributed by atoms with Crippen molar-refractivity contribution in [3.8, 4) is 0 Å². The van der Waals surface area contributed by atoms with Gasteiger partial charge >= 0.3 is 0 Å². The molecule has 2 aromatic rings. The van der Waals surface area contributed by atoms with Crippen LogP contribution in [0.25, 0.3) is 0 Å². The van der Waals surface area contributed by atoms with Crippen LogP contribution in [0.15, 0.2) is 39.0 Å². The molecule has 0 aliphatic heterocycles. The van der Waals surface area contributed by atoms with E-state index >= 15 is 0 Å². The summed E-state index contributed by atoms with van der Waals surface area (Å²) in [6.45, 7) is 2.07. The van der Waals surface area contributed by atoms with Gasteiger partial charge in [-0.2, -0.15) is 4.31 Å². The van der Waals surface area contributed by atoms with Crippen molar-refractivity contribution in [3.63, 3.8) is 0 Å². The van der Waals surface area contributed by atoms with E-state index in [1.807, 2.05) is 17.5 Å². The van der Waals surface area contributed by atoms with E-state index in [9.17, 15) is 8.42 Å². The van der Waals surface area contributed by atoms with Crippen LogP contribution >= 0.6 is 27.3 Å². The summed E-state index contributed by atoms with van der Waals surface area (Å²) < 4.78 is 27.3. The number of nitrogens with two attached hydrogens (primary N) is 1. The Morgan fingerprint density at radius 3 is 2.70 bits per heavy atom. The first-order chi connectivity index (χ1) is 9.32. The number of nitrogen functional groups attached to an aromatic ring is 1. The van der Waals surface area contributed by atoms with Gasteiger partial charge in [-0.1, -0.05) is 22.0 Å². The largest absolute Gasteiger partial charge is 0.398 e. The Morgan fingerprint density at radius 2 is 2.10 bits per heavy atom. The highest BCUT2D eigenvalue weighted by atomic mass is 79.9. The van der Waals surface area contributed by atoms with Gasteiger partial charge in [-0.25, -0.2) is 8.42 Å². The van der Waals surface area contributed by atoms with E-state index in [4.69, 9.17) is 5.73 Å². The van der Waals surface area contributed by atoms with E-state index < -0.39 is 10.0 Å². The molecule has 1 heterocycles. The van der Waals surface area contributed by atoms with E-state index in [2.05, 4.69) is 15.9 Å². The number of benzene rings is 1. The molecule has 0 unspecified atom stereocenters. The van der Waals surface area contributed by atoms with Crippen LogP contribution in [0.5, 0.6) is 0 Å². The summed E-state index contributed by atoms with van der Waals surface area (Å²) in [6.07, 6.45) is 0. The molecule has 7 heteroatoms. The molecule has 0 saturated heterocycles. The van der Waals surface area contributed by atoms with Crippen molar-refractivity contribution in [2.75, 3.05) is 12.8 Å². The van der Waals surface area contributed by atoms with Crippen molar-refractivity contribution >= 4 is 43.0 Å². The average molecular weight is 375 g/mol. The fourth-order valence-corrected chi connectivity index (χ4v) is 4.71. The average Bonchev–Trinajstić information content (AvgIpc) is 2.86. The minimum absolute atomic E-state index is 0.239. The van der Waals surface area contributed by atoms with Crippen molar-refractivity contribution in [1.29, 1.82) is 0 Å². The number of hydrogen-bond donors (Lipinski definition) is 1. The first-order valence-electron chi connectivity index (χ1n) is 5.86. The summed E-state index contributed by atoms with van der Waals surface area (Å²) in [5, 5.41) is 1.93. The SMILES string of the molecule is Cc1c(N)cc(Br)cc1S(=O)(=O)N(C)Cc1cccs1. The normalized spacial score (nSPS) is 12.0. The first-order valence-corrected chi connectivity index (χ1v) is 8.98. The zero-order valence-electron chi connectivity index (χ0n) is 11.1. The molecule has 0 aliphatic rings. The Kier molecular flexibility index (Phi) is 4.53. The molecule has 0 amide bonds. The van der Waals surface area contributed by atoms with Gasteiger partial charge in [-0.3, -0.25) is 0 Å². The third-order valence-electron chi connectivity index (χ3n) is 3.01. The lowest BCUT2D eigenvalue weighted by atomic mass is 10.2. The highest BCUT2D eigenvalue weighted by molar-refractivity contribution is 9.10. The molecule has 108 valence electrons. The number of thiophene rings is 1. The van der Waals surface area contributed by atoms with E-state index in [0.29, 0.717) is 22.3 Å². The Balaban J connectivity index is 2.40. The summed E-state index contributed by atoms with van der Waals surface area (Å²) in [6, 6.07) is 7.11. The number of hydrogen-bond acceptors (Lipinski definition) is 4. The summed E-state index contributed by atoms with van der Waals surface area (Å²) in [5.74, 6) is 0. The Bertz CT molecular complexity index is 712. The minimum atomic E-state index is -3.56. The lowest BCUT2D eigenvalue weighted by Crippen LogP contribution is -2.27. The first kappa shape index (κ1) is 15.5. The highest BCUT2D eigenvalue weighted by Gasteiger charge is 2.24. The van der Waals surface area contributed by atoms with Crippen molar-refractivity contribution in [1.82, 2.24) is 4.31 Å². The molecule has 0 atom stereocenters. The maximum absolute atomic E-state index is 12.6. The second kappa shape index (κ2) is 5.85. The van der Waals surface area contributed by atoms with Crippen molar-refractivity contribution in [2.45, 2.75) is 18.4 Å². The molecular weight excluding hydrogens is 360 g/mol. The van der Waals surface area contributed by atoms with Crippen LogP contribution in [-0.2, 0) is 16.6 Å². The van der Waals surface area contributed by atoms with Crippen LogP contribution in [0.3, 0.4) is 0 Å². The molecule has 0 aliphatic carbocycles. The highest BCUT2D eigenvalue weighted by Crippen LogP contribution is 2.29. The van der Waals surface area contributed by atoms with Gasteiger partial charge in [0.15, 0.2) is 0 Å². The quantitative estimate of drug-likeness (QED) is 0.835. The summed E-state index contributed by atoms with van der Waals surface area (Å²) >= 11 is 4.82. The van der Waals surface area contributed by atoms with Gasteiger partial charge in [0.25, 0.3) is 0 Å². The fraction of sp³-hybridized carbons (Fsp3) is 0.231. The van der Waals surface area contributed by atoms with Crippen LogP contribution in [0, 0.1) is 6.92 Å². The molecule has 0 radical (unpaired) electrons. The van der Waals surface area contributed by atoms with Crippen molar-refractivity contribution in [2.24, 2.45) is 0 Å². The maximum Gasteiger partial charge on any atom is 0.243 e. The minimum Gasteiger partial charge on any atom is -0.398 e. The molecular formula is C13H15BrN2O2S2. The smallest absolute Gasteiger partial charge is 0.243 e. The van der Waals surface area contributed by atoms with Crippen molar-refractivity contribution in [3.05, 3.63) is 44.6 Å². The monoisotopic (exact) mass is 374 g/mol. The summed E-state index contributed by atoms with van der Waals surface area (Å²) in [5.41, 5.74) is 6.88. The van der Waals surface area contributed by atoms with Gasteiger partial charge in [0.1, 0.15) is 0 Å². The Morgan fingerprint density at radius 1 is 1.40 bits per heavy atom. The molecule has 0 spiro atoms. The molecule has 4 nitrogen and oxygen atoms in total. The van der Waals surface area contributed by atoms with Gasteiger partial charge in [0, 0.05) is 28.6 Å². The van der Waals surface area contributed by atoms with Gasteiger partial charge < -0.3 is 5.73 Å². The van der Waals surface area contributed by atoms with Crippen LogP contribution in [0.4, 0.5) is 5.69 Å². The molecule has 2 rings (SSSR count). The lowest BCUT2D eigenvalue weighted by molar-refractivity contribution is 0.469. The molecule has 1 aromatic carbocycles. The fourth-order valence-electron chi connectivity index (χ4n) is 1.82. The van der Waals surface area contributed by atoms with E-state index in [0.717, 1.165) is 4.88 Å². The van der Waals surface area contributed by atoms with Crippen LogP contribution in [0.1, 0.15) is 10.4 Å². The predicted octanol–water partition coefficient (Wildman–Crippen LogP) is 3.22. The van der Waals surface area contributed by atoms with Gasteiger partial charge in [0.05, 0.1) is 4.90 Å². The number of anilines is 1. The topological polar surface area (TPSA) is 63.4 Å². The number of sulfonamides is 1. The van der Waals surface area contributed by atoms with E-state index in [-0.39, 0.29) is 4.90 Å². The standard InChI is InChI=1S/C13H15BrN2O2S2/c1-9-12(15)6-10(14)7-13(9)20(17,18)16(2)8-11-4-3-5-19-11/h3-7H,8,15H2,1-2H3. The predicted molar refractivity (Wildman–Crippen MR) is 86.3 cm³/mol. The Hall–Kier alpha value is -0.890. The summed E-state index contributed by atoms with van der Waals surface area (Å²) in [7, 11) is -1.99. The summed E-state index contributed by atoms with van der Waals surface area (Å²) in [4.78, 5) is 1.24. The van der Waals surface area contributed by atoms with Gasteiger partial charge in [0.2, 0.25) is 10.0 Å². The Labute approximate surface area is 131 Å². The van der Waals surface area contributed by atoms with Gasteiger partial charge in [-0.05, 0) is 36.1 Å². The lowest BCUT2D eigenvalue weighted by Gasteiger charge is -2.19. The van der Waals surface area contributed by atoms with Crippen LogP contribution < -0.4 is 5.73 Å². The maximum atomic E-state index is 12.6. The zero-order chi connectivity index (χ0) is 14.9.